The van der Waals surface area contributed by atoms with Gasteiger partial charge in [-0.1, -0.05) is 60.3 Å². The van der Waals surface area contributed by atoms with E-state index >= 15 is 0 Å². The minimum atomic E-state index is -4.20. The molecule has 5 nitrogen and oxygen atoms in total. The molecule has 0 aromatic heterocycles. The highest BCUT2D eigenvalue weighted by molar-refractivity contribution is 7.97. The van der Waals surface area contributed by atoms with E-state index in [9.17, 15) is 13.2 Å². The summed E-state index contributed by atoms with van der Waals surface area (Å²) in [4.78, 5) is 12.6. The average Bonchev–Trinajstić information content (AvgIpc) is 2.59. The minimum Gasteiger partial charge on any atom is -0.358 e. The second kappa shape index (κ2) is 8.60. The maximum Gasteiger partial charge on any atom is 0.267 e. The standard InChI is InChI=1S/C20H18Cl4N2O3S/c1-20(2)9-17(25-11-3-5-13(21)15(23)7-11)19(18(27)10-20)30(28,29)26-12-4-6-14(22)16(24)8-12/h3-8,25-26H,9-10H2,1-2H3. The minimum absolute atomic E-state index is 0.0944. The molecule has 0 unspecified atom stereocenters. The van der Waals surface area contributed by atoms with Crippen molar-refractivity contribution in [2.45, 2.75) is 26.7 Å². The van der Waals surface area contributed by atoms with E-state index in [0.29, 0.717) is 22.2 Å². The summed E-state index contributed by atoms with van der Waals surface area (Å²) in [7, 11) is -4.20. The van der Waals surface area contributed by atoms with Crippen LogP contribution in [0.1, 0.15) is 26.7 Å². The van der Waals surface area contributed by atoms with Crippen LogP contribution in [0.5, 0.6) is 0 Å². The highest BCUT2D eigenvalue weighted by atomic mass is 35.5. The number of carbonyl (C=O) groups excluding carboxylic acids is 1. The van der Waals surface area contributed by atoms with E-state index in [1.54, 1.807) is 18.2 Å². The van der Waals surface area contributed by atoms with Crippen LogP contribution in [0.3, 0.4) is 0 Å². The molecule has 2 N–H and O–H groups in total. The fourth-order valence-corrected chi connectivity index (χ4v) is 5.19. The van der Waals surface area contributed by atoms with E-state index in [-0.39, 0.29) is 32.8 Å². The van der Waals surface area contributed by atoms with Gasteiger partial charge in [-0.15, -0.1) is 0 Å². The van der Waals surface area contributed by atoms with Crippen LogP contribution in [-0.2, 0) is 14.8 Å². The third-order valence-electron chi connectivity index (χ3n) is 4.48. The van der Waals surface area contributed by atoms with Crippen LogP contribution in [0.4, 0.5) is 11.4 Å². The third-order valence-corrected chi connectivity index (χ3v) is 7.47. The summed E-state index contributed by atoms with van der Waals surface area (Å²) < 4.78 is 28.7. The van der Waals surface area contributed by atoms with Gasteiger partial charge in [-0.05, 0) is 48.2 Å². The first kappa shape index (κ1) is 23.2. The molecule has 0 fully saturated rings. The lowest BCUT2D eigenvalue weighted by atomic mass is 9.78. The first-order valence-electron chi connectivity index (χ1n) is 8.84. The molecule has 10 heteroatoms. The Morgan fingerprint density at radius 1 is 0.833 bits per heavy atom. The number of anilines is 2. The van der Waals surface area contributed by atoms with Crippen LogP contribution in [0.15, 0.2) is 47.0 Å². The zero-order chi connectivity index (χ0) is 22.3. The monoisotopic (exact) mass is 506 g/mol. The molecule has 0 amide bonds. The molecular weight excluding hydrogens is 490 g/mol. The number of carbonyl (C=O) groups is 1. The van der Waals surface area contributed by atoms with Crippen molar-refractivity contribution >= 4 is 73.6 Å². The molecule has 0 saturated carbocycles. The van der Waals surface area contributed by atoms with Gasteiger partial charge in [-0.25, -0.2) is 8.42 Å². The molecule has 160 valence electrons. The molecule has 0 aliphatic heterocycles. The molecule has 0 heterocycles. The Bertz CT molecular complexity index is 1160. The first-order valence-corrected chi connectivity index (χ1v) is 11.8. The quantitative estimate of drug-likeness (QED) is 0.469. The Morgan fingerprint density at radius 2 is 1.37 bits per heavy atom. The lowest BCUT2D eigenvalue weighted by Gasteiger charge is -2.32. The van der Waals surface area contributed by atoms with Crippen molar-refractivity contribution in [1.82, 2.24) is 0 Å². The van der Waals surface area contributed by atoms with Crippen molar-refractivity contribution in [3.8, 4) is 0 Å². The molecule has 3 rings (SSSR count). The number of rotatable bonds is 5. The fraction of sp³-hybridized carbons (Fsp3) is 0.250. The molecule has 1 aliphatic carbocycles. The van der Waals surface area contributed by atoms with Crippen LogP contribution in [-0.4, -0.2) is 14.2 Å². The van der Waals surface area contributed by atoms with E-state index in [4.69, 9.17) is 46.4 Å². The number of halogens is 4. The second-order valence-corrected chi connectivity index (χ2v) is 11.0. The number of hydrogen-bond donors (Lipinski definition) is 2. The van der Waals surface area contributed by atoms with Gasteiger partial charge in [-0.2, -0.15) is 0 Å². The van der Waals surface area contributed by atoms with Gasteiger partial charge in [0.15, 0.2) is 5.78 Å². The maximum atomic E-state index is 13.1. The normalized spacial score (nSPS) is 16.5. The van der Waals surface area contributed by atoms with E-state index < -0.39 is 21.2 Å². The van der Waals surface area contributed by atoms with Gasteiger partial charge < -0.3 is 5.32 Å². The summed E-state index contributed by atoms with van der Waals surface area (Å²) in [6.07, 6.45) is 0.438. The van der Waals surface area contributed by atoms with Gasteiger partial charge in [0, 0.05) is 17.8 Å². The van der Waals surface area contributed by atoms with E-state index in [2.05, 4.69) is 10.0 Å². The number of benzene rings is 2. The number of sulfonamides is 1. The summed E-state index contributed by atoms with van der Waals surface area (Å²) >= 11 is 23.9. The molecule has 30 heavy (non-hydrogen) atoms. The lowest BCUT2D eigenvalue weighted by Crippen LogP contribution is -2.33. The Labute approximate surface area is 195 Å². The highest BCUT2D eigenvalue weighted by Crippen LogP contribution is 2.40. The summed E-state index contributed by atoms with van der Waals surface area (Å²) in [5.74, 6) is -0.485. The van der Waals surface area contributed by atoms with Gasteiger partial charge in [0.1, 0.15) is 4.91 Å². The van der Waals surface area contributed by atoms with Crippen molar-refractivity contribution in [2.24, 2.45) is 5.41 Å². The van der Waals surface area contributed by atoms with Gasteiger partial charge in [0.25, 0.3) is 10.0 Å². The number of hydrogen-bond acceptors (Lipinski definition) is 4. The molecule has 0 radical (unpaired) electrons. The van der Waals surface area contributed by atoms with Crippen molar-refractivity contribution in [2.75, 3.05) is 10.0 Å². The maximum absolute atomic E-state index is 13.1. The lowest BCUT2D eigenvalue weighted by molar-refractivity contribution is -0.117. The molecule has 1 aliphatic rings. The van der Waals surface area contributed by atoms with Crippen LogP contribution in [0, 0.1) is 5.41 Å². The molecule has 0 bridgehead atoms. The van der Waals surface area contributed by atoms with Gasteiger partial charge in [0.2, 0.25) is 0 Å². The van der Waals surface area contributed by atoms with Crippen molar-refractivity contribution in [3.05, 3.63) is 67.1 Å². The predicted octanol–water partition coefficient (Wildman–Crippen LogP) is 6.75. The van der Waals surface area contributed by atoms with Gasteiger partial charge in [-0.3, -0.25) is 9.52 Å². The summed E-state index contributed by atoms with van der Waals surface area (Å²) in [6.45, 7) is 3.80. The summed E-state index contributed by atoms with van der Waals surface area (Å²) in [5, 5.41) is 4.20. The SMILES string of the molecule is CC1(C)CC(=O)C(S(=O)(=O)Nc2ccc(Cl)c(Cl)c2)=C(Nc2ccc(Cl)c(Cl)c2)C1. The molecule has 0 atom stereocenters. The van der Waals surface area contributed by atoms with Gasteiger partial charge in [0.05, 0.1) is 25.8 Å². The zero-order valence-electron chi connectivity index (χ0n) is 16.0. The fourth-order valence-electron chi connectivity index (χ4n) is 3.23. The Balaban J connectivity index is 2.05. The van der Waals surface area contributed by atoms with Gasteiger partial charge >= 0.3 is 0 Å². The van der Waals surface area contributed by atoms with Crippen LogP contribution in [0.2, 0.25) is 20.1 Å². The van der Waals surface area contributed by atoms with Crippen molar-refractivity contribution in [3.63, 3.8) is 0 Å². The molecular formula is C20H18Cl4N2O3S. The predicted molar refractivity (Wildman–Crippen MR) is 124 cm³/mol. The Morgan fingerprint density at radius 3 is 1.93 bits per heavy atom. The average molecular weight is 508 g/mol. The third kappa shape index (κ3) is 5.24. The molecule has 0 spiro atoms. The zero-order valence-corrected chi connectivity index (χ0v) is 19.9. The summed E-state index contributed by atoms with van der Waals surface area (Å²) in [6, 6.07) is 9.13. The number of allylic oxidation sites excluding steroid dienone is 2. The molecule has 2 aromatic rings. The van der Waals surface area contributed by atoms with E-state index in [1.807, 2.05) is 13.8 Å². The number of Topliss-reactive ketones (excluding diaryl/α,β-unsaturated/α-hetero) is 1. The highest BCUT2D eigenvalue weighted by Gasteiger charge is 2.39. The molecule has 2 aromatic carbocycles. The van der Waals surface area contributed by atoms with Crippen molar-refractivity contribution in [1.29, 1.82) is 0 Å². The van der Waals surface area contributed by atoms with Crippen LogP contribution in [0.25, 0.3) is 0 Å². The Hall–Kier alpha value is -1.44. The number of nitrogens with one attached hydrogen (secondary N) is 2. The van der Waals surface area contributed by atoms with E-state index in [0.717, 1.165) is 0 Å². The van der Waals surface area contributed by atoms with E-state index in [1.165, 1.54) is 18.2 Å². The molecule has 0 saturated heterocycles. The Kier molecular flexibility index (Phi) is 6.65. The largest absolute Gasteiger partial charge is 0.358 e. The smallest absolute Gasteiger partial charge is 0.267 e. The number of ketones is 1. The summed E-state index contributed by atoms with van der Waals surface area (Å²) in [5.41, 5.74) is 0.580. The first-order chi connectivity index (χ1) is 13.9. The van der Waals surface area contributed by atoms with Crippen molar-refractivity contribution < 1.29 is 13.2 Å². The second-order valence-electron chi connectivity index (χ2n) is 7.74. The van der Waals surface area contributed by atoms with Crippen LogP contribution >= 0.6 is 46.4 Å². The topological polar surface area (TPSA) is 75.3 Å². The van der Waals surface area contributed by atoms with Crippen LogP contribution < -0.4 is 10.0 Å².